The topological polar surface area (TPSA) is 91.2 Å². The minimum Gasteiger partial charge on any atom is -0.393 e. The Kier molecular flexibility index (Phi) is 3.52. The standard InChI is InChI=1S/C12H10ClN3O3/c13-9-4-2-1-3-8(9)7-15-6-5-10(14)11(12(15)17)16(18)19/h1-6H,7,14H2. The van der Waals surface area contributed by atoms with Crippen LogP contribution >= 0.6 is 11.6 Å². The fraction of sp³-hybridized carbons (Fsp3) is 0.0833. The maximum Gasteiger partial charge on any atom is 0.356 e. The van der Waals surface area contributed by atoms with E-state index in [-0.39, 0.29) is 12.2 Å². The Morgan fingerprint density at radius 3 is 2.63 bits per heavy atom. The SMILES string of the molecule is Nc1ccn(Cc2ccccc2Cl)c(=O)c1[N+](=O)[O-]. The molecule has 0 spiro atoms. The third-order valence-corrected chi connectivity index (χ3v) is 3.02. The monoisotopic (exact) mass is 279 g/mol. The molecule has 7 heteroatoms. The molecule has 0 unspecified atom stereocenters. The minimum atomic E-state index is -0.777. The third kappa shape index (κ3) is 2.58. The van der Waals surface area contributed by atoms with Crippen LogP contribution in [-0.2, 0) is 6.54 Å². The molecule has 0 fully saturated rings. The van der Waals surface area contributed by atoms with Gasteiger partial charge in [-0.3, -0.25) is 14.9 Å². The van der Waals surface area contributed by atoms with Gasteiger partial charge in [-0.2, -0.15) is 0 Å². The number of aromatic nitrogens is 1. The first kappa shape index (κ1) is 13.1. The van der Waals surface area contributed by atoms with Crippen LogP contribution in [-0.4, -0.2) is 9.49 Å². The molecule has 0 aliphatic rings. The molecule has 0 amide bonds. The zero-order valence-electron chi connectivity index (χ0n) is 9.75. The lowest BCUT2D eigenvalue weighted by molar-refractivity contribution is -0.385. The van der Waals surface area contributed by atoms with Crippen molar-refractivity contribution in [1.29, 1.82) is 0 Å². The van der Waals surface area contributed by atoms with Crippen LogP contribution in [0.5, 0.6) is 0 Å². The van der Waals surface area contributed by atoms with Crippen molar-refractivity contribution in [3.05, 3.63) is 67.6 Å². The van der Waals surface area contributed by atoms with Gasteiger partial charge in [0, 0.05) is 11.2 Å². The number of anilines is 1. The van der Waals surface area contributed by atoms with Crippen LogP contribution in [0.1, 0.15) is 5.56 Å². The van der Waals surface area contributed by atoms with Crippen LogP contribution in [0.3, 0.4) is 0 Å². The average Bonchev–Trinajstić information content (AvgIpc) is 2.35. The minimum absolute atomic E-state index is 0.148. The van der Waals surface area contributed by atoms with Gasteiger partial charge in [0.1, 0.15) is 5.69 Å². The summed E-state index contributed by atoms with van der Waals surface area (Å²) in [6.45, 7) is 0.152. The van der Waals surface area contributed by atoms with E-state index in [4.69, 9.17) is 17.3 Å². The van der Waals surface area contributed by atoms with E-state index in [9.17, 15) is 14.9 Å². The van der Waals surface area contributed by atoms with Gasteiger partial charge >= 0.3 is 11.2 Å². The van der Waals surface area contributed by atoms with E-state index in [2.05, 4.69) is 0 Å². The molecule has 1 aromatic carbocycles. The highest BCUT2D eigenvalue weighted by Crippen LogP contribution is 2.18. The second-order valence-corrected chi connectivity index (χ2v) is 4.31. The van der Waals surface area contributed by atoms with Crippen LogP contribution in [0.4, 0.5) is 11.4 Å². The summed E-state index contributed by atoms with van der Waals surface area (Å²) >= 11 is 5.99. The quantitative estimate of drug-likeness (QED) is 0.687. The first-order chi connectivity index (χ1) is 9.00. The zero-order valence-corrected chi connectivity index (χ0v) is 10.5. The van der Waals surface area contributed by atoms with Crippen molar-refractivity contribution in [2.24, 2.45) is 0 Å². The molecule has 6 nitrogen and oxygen atoms in total. The Morgan fingerprint density at radius 1 is 1.32 bits per heavy atom. The summed E-state index contributed by atoms with van der Waals surface area (Å²) in [6, 6.07) is 8.30. The van der Waals surface area contributed by atoms with Crippen LogP contribution < -0.4 is 11.3 Å². The van der Waals surface area contributed by atoms with Crippen molar-refractivity contribution < 1.29 is 4.92 Å². The van der Waals surface area contributed by atoms with E-state index < -0.39 is 16.2 Å². The van der Waals surface area contributed by atoms with Gasteiger partial charge in [0.2, 0.25) is 0 Å². The first-order valence-corrected chi connectivity index (χ1v) is 5.75. The second-order valence-electron chi connectivity index (χ2n) is 3.90. The maximum absolute atomic E-state index is 11.9. The molecule has 1 heterocycles. The number of hydrogen-bond acceptors (Lipinski definition) is 4. The van der Waals surface area contributed by atoms with Crippen molar-refractivity contribution in [3.8, 4) is 0 Å². The molecule has 2 N–H and O–H groups in total. The van der Waals surface area contributed by atoms with Gasteiger partial charge in [-0.25, -0.2) is 0 Å². The summed E-state index contributed by atoms with van der Waals surface area (Å²) in [4.78, 5) is 22.0. The summed E-state index contributed by atoms with van der Waals surface area (Å²) in [6.07, 6.45) is 1.41. The number of pyridine rings is 1. The lowest BCUT2D eigenvalue weighted by atomic mass is 10.2. The Hall–Kier alpha value is -2.34. The van der Waals surface area contributed by atoms with E-state index in [0.29, 0.717) is 10.6 Å². The number of benzene rings is 1. The van der Waals surface area contributed by atoms with Crippen LogP contribution in [0.2, 0.25) is 5.02 Å². The van der Waals surface area contributed by atoms with Crippen molar-refractivity contribution in [1.82, 2.24) is 4.57 Å². The number of nitrogens with zero attached hydrogens (tertiary/aromatic N) is 2. The van der Waals surface area contributed by atoms with Gasteiger partial charge in [0.25, 0.3) is 0 Å². The van der Waals surface area contributed by atoms with E-state index in [1.807, 2.05) is 0 Å². The van der Waals surface area contributed by atoms with Gasteiger partial charge < -0.3 is 10.3 Å². The average molecular weight is 280 g/mol. The smallest absolute Gasteiger partial charge is 0.356 e. The molecule has 0 atom stereocenters. The molecular formula is C12H10ClN3O3. The van der Waals surface area contributed by atoms with Crippen LogP contribution in [0.25, 0.3) is 0 Å². The fourth-order valence-corrected chi connectivity index (χ4v) is 1.89. The molecule has 2 rings (SSSR count). The Morgan fingerprint density at radius 2 is 2.00 bits per heavy atom. The number of halogens is 1. The van der Waals surface area contributed by atoms with E-state index in [1.54, 1.807) is 24.3 Å². The summed E-state index contributed by atoms with van der Waals surface area (Å²) in [7, 11) is 0. The molecule has 0 saturated carbocycles. The number of hydrogen-bond donors (Lipinski definition) is 1. The van der Waals surface area contributed by atoms with Gasteiger partial charge in [-0.05, 0) is 17.7 Å². The van der Waals surface area contributed by atoms with Gasteiger partial charge in [0.15, 0.2) is 0 Å². The highest BCUT2D eigenvalue weighted by Gasteiger charge is 2.19. The molecule has 0 aliphatic heterocycles. The first-order valence-electron chi connectivity index (χ1n) is 5.37. The van der Waals surface area contributed by atoms with Crippen LogP contribution in [0, 0.1) is 10.1 Å². The molecule has 98 valence electrons. The van der Waals surface area contributed by atoms with E-state index in [0.717, 1.165) is 0 Å². The summed E-state index contributed by atoms with van der Waals surface area (Å²) in [5.74, 6) is 0. The number of nitrogens with two attached hydrogens (primary N) is 1. The molecule has 0 aliphatic carbocycles. The Labute approximate surface area is 113 Å². The van der Waals surface area contributed by atoms with Crippen molar-refractivity contribution in [2.75, 3.05) is 5.73 Å². The van der Waals surface area contributed by atoms with Crippen LogP contribution in [0.15, 0.2) is 41.3 Å². The Bertz CT molecular complexity index is 697. The molecule has 19 heavy (non-hydrogen) atoms. The highest BCUT2D eigenvalue weighted by atomic mass is 35.5. The molecule has 0 saturated heterocycles. The maximum atomic E-state index is 11.9. The fourth-order valence-electron chi connectivity index (χ4n) is 1.69. The van der Waals surface area contributed by atoms with Gasteiger partial charge in [-0.15, -0.1) is 0 Å². The predicted octanol–water partition coefficient (Wildman–Crippen LogP) is 2.04. The van der Waals surface area contributed by atoms with E-state index >= 15 is 0 Å². The number of nitrogen functional groups attached to an aromatic ring is 1. The summed E-state index contributed by atoms with van der Waals surface area (Å²) in [5, 5.41) is 11.3. The highest BCUT2D eigenvalue weighted by molar-refractivity contribution is 6.31. The second kappa shape index (κ2) is 5.11. The zero-order chi connectivity index (χ0) is 14.0. The number of nitro groups is 1. The van der Waals surface area contributed by atoms with Crippen molar-refractivity contribution >= 4 is 23.0 Å². The largest absolute Gasteiger partial charge is 0.393 e. The molecule has 0 bridgehead atoms. The van der Waals surface area contributed by atoms with Gasteiger partial charge in [-0.1, -0.05) is 29.8 Å². The summed E-state index contributed by atoms with van der Waals surface area (Å²) < 4.78 is 1.20. The molecular weight excluding hydrogens is 270 g/mol. The molecule has 1 aromatic heterocycles. The third-order valence-electron chi connectivity index (χ3n) is 2.65. The number of rotatable bonds is 3. The molecule has 0 radical (unpaired) electrons. The van der Waals surface area contributed by atoms with Crippen molar-refractivity contribution in [3.63, 3.8) is 0 Å². The van der Waals surface area contributed by atoms with Gasteiger partial charge in [0.05, 0.1) is 11.5 Å². The van der Waals surface area contributed by atoms with Crippen molar-refractivity contribution in [2.45, 2.75) is 6.54 Å². The normalized spacial score (nSPS) is 10.4. The predicted molar refractivity (Wildman–Crippen MR) is 72.3 cm³/mol. The Balaban J connectivity index is 2.48. The lowest BCUT2D eigenvalue weighted by Gasteiger charge is -2.08. The molecule has 2 aromatic rings. The lowest BCUT2D eigenvalue weighted by Crippen LogP contribution is -2.23. The summed E-state index contributed by atoms with van der Waals surface area (Å²) in [5.41, 5.74) is 4.62. The van der Waals surface area contributed by atoms with E-state index in [1.165, 1.54) is 16.8 Å².